The Morgan fingerprint density at radius 3 is 1.96 bits per heavy atom. The van der Waals surface area contributed by atoms with Crippen LogP contribution in [0, 0.1) is 0 Å². The summed E-state index contributed by atoms with van der Waals surface area (Å²) >= 11 is 4.14. The summed E-state index contributed by atoms with van der Waals surface area (Å²) < 4.78 is 37.0. The van der Waals surface area contributed by atoms with E-state index in [1.165, 1.54) is 30.3 Å². The van der Waals surface area contributed by atoms with Gasteiger partial charge in [0.05, 0.1) is 16.9 Å². The number of rotatable bonds is 3. The van der Waals surface area contributed by atoms with Crippen molar-refractivity contribution in [1.29, 1.82) is 0 Å². The Bertz CT molecular complexity index is 747. The molecule has 0 bridgehead atoms. The second-order valence-corrected chi connectivity index (χ2v) is 4.95. The first kappa shape index (κ1) is 16.9. The molecular formula is C15H11F3N2O2S. The summed E-state index contributed by atoms with van der Waals surface area (Å²) in [7, 11) is 0. The van der Waals surface area contributed by atoms with Crippen LogP contribution in [0.1, 0.15) is 10.4 Å². The van der Waals surface area contributed by atoms with Crippen LogP contribution in [0.2, 0.25) is 0 Å². The van der Waals surface area contributed by atoms with Crippen molar-refractivity contribution >= 4 is 35.8 Å². The van der Waals surface area contributed by atoms with E-state index >= 15 is 0 Å². The number of thiol groups is 1. The molecule has 0 aliphatic carbocycles. The van der Waals surface area contributed by atoms with E-state index < -0.39 is 18.0 Å². The van der Waals surface area contributed by atoms with E-state index in [1.54, 1.807) is 23.5 Å². The fourth-order valence-corrected chi connectivity index (χ4v) is 2.01. The maximum Gasteiger partial charge on any atom is 0.471 e. The number of hydrogen-bond donors (Lipinski definition) is 3. The van der Waals surface area contributed by atoms with Crippen molar-refractivity contribution in [2.75, 3.05) is 10.6 Å². The summed E-state index contributed by atoms with van der Waals surface area (Å²) in [4.78, 5) is 23.6. The first-order chi connectivity index (χ1) is 10.8. The Balaban J connectivity index is 2.23. The maximum absolute atomic E-state index is 12.3. The summed E-state index contributed by atoms with van der Waals surface area (Å²) in [5.74, 6) is -2.67. The topological polar surface area (TPSA) is 58.2 Å². The van der Waals surface area contributed by atoms with Gasteiger partial charge in [0, 0.05) is 4.90 Å². The van der Waals surface area contributed by atoms with Crippen molar-refractivity contribution in [2.24, 2.45) is 0 Å². The molecule has 0 aromatic heterocycles. The monoisotopic (exact) mass is 340 g/mol. The fraction of sp³-hybridized carbons (Fsp3) is 0.0667. The summed E-state index contributed by atoms with van der Waals surface area (Å²) in [6.45, 7) is 0. The highest BCUT2D eigenvalue weighted by molar-refractivity contribution is 7.80. The Kier molecular flexibility index (Phi) is 4.95. The molecule has 0 radical (unpaired) electrons. The van der Waals surface area contributed by atoms with Crippen LogP contribution in [0.15, 0.2) is 53.4 Å². The number of carbonyl (C=O) groups is 2. The van der Waals surface area contributed by atoms with E-state index in [2.05, 4.69) is 17.9 Å². The second-order valence-electron chi connectivity index (χ2n) is 4.47. The number of carbonyl (C=O) groups excluding carboxylic acids is 2. The van der Waals surface area contributed by atoms with E-state index in [0.717, 1.165) is 0 Å². The normalized spacial score (nSPS) is 11.0. The molecular weight excluding hydrogens is 329 g/mol. The van der Waals surface area contributed by atoms with Crippen LogP contribution in [0.25, 0.3) is 0 Å². The number of halogens is 3. The lowest BCUT2D eigenvalue weighted by Gasteiger charge is -2.13. The van der Waals surface area contributed by atoms with Crippen molar-refractivity contribution in [3.63, 3.8) is 0 Å². The van der Waals surface area contributed by atoms with Crippen molar-refractivity contribution in [1.82, 2.24) is 0 Å². The summed E-state index contributed by atoms with van der Waals surface area (Å²) in [5.41, 5.74) is 0.152. The van der Waals surface area contributed by atoms with Gasteiger partial charge in [0.25, 0.3) is 5.91 Å². The van der Waals surface area contributed by atoms with Gasteiger partial charge < -0.3 is 10.6 Å². The molecule has 2 aromatic carbocycles. The van der Waals surface area contributed by atoms with Crippen molar-refractivity contribution < 1.29 is 22.8 Å². The number of hydrogen-bond acceptors (Lipinski definition) is 3. The van der Waals surface area contributed by atoms with Gasteiger partial charge >= 0.3 is 12.1 Å². The van der Waals surface area contributed by atoms with Crippen molar-refractivity contribution in [3.8, 4) is 0 Å². The van der Waals surface area contributed by atoms with Gasteiger partial charge in [-0.3, -0.25) is 9.59 Å². The molecule has 120 valence electrons. The minimum absolute atomic E-state index is 0.0479. The van der Waals surface area contributed by atoms with Gasteiger partial charge in [-0.2, -0.15) is 13.2 Å². The number of alkyl halides is 3. The van der Waals surface area contributed by atoms with Gasteiger partial charge in [0.15, 0.2) is 0 Å². The minimum atomic E-state index is -5.02. The molecule has 2 amide bonds. The highest BCUT2D eigenvalue weighted by Crippen LogP contribution is 2.25. The van der Waals surface area contributed by atoms with Crippen molar-refractivity contribution in [3.05, 3.63) is 54.1 Å². The predicted molar refractivity (Wildman–Crippen MR) is 82.8 cm³/mol. The first-order valence-electron chi connectivity index (χ1n) is 6.35. The molecule has 0 saturated carbocycles. The second kappa shape index (κ2) is 6.74. The summed E-state index contributed by atoms with van der Waals surface area (Å²) in [6, 6.07) is 12.0. The van der Waals surface area contributed by atoms with Crippen LogP contribution >= 0.6 is 12.6 Å². The van der Waals surface area contributed by atoms with E-state index in [0.29, 0.717) is 4.90 Å². The third kappa shape index (κ3) is 4.26. The van der Waals surface area contributed by atoms with Gasteiger partial charge in [0.2, 0.25) is 0 Å². The summed E-state index contributed by atoms with van der Waals surface area (Å²) in [6.07, 6.45) is -5.02. The molecule has 23 heavy (non-hydrogen) atoms. The average molecular weight is 340 g/mol. The molecule has 2 aromatic rings. The lowest BCUT2D eigenvalue weighted by atomic mass is 10.2. The van der Waals surface area contributed by atoms with Crippen molar-refractivity contribution in [2.45, 2.75) is 11.1 Å². The smallest absolute Gasteiger partial charge is 0.320 e. The minimum Gasteiger partial charge on any atom is -0.320 e. The zero-order chi connectivity index (χ0) is 17.0. The fourth-order valence-electron chi connectivity index (χ4n) is 1.75. The molecule has 0 aliphatic rings. The third-order valence-electron chi connectivity index (χ3n) is 2.83. The summed E-state index contributed by atoms with van der Waals surface area (Å²) in [5, 5.41) is 4.18. The Morgan fingerprint density at radius 2 is 1.39 bits per heavy atom. The molecule has 2 N–H and O–H groups in total. The third-order valence-corrected chi connectivity index (χ3v) is 3.22. The maximum atomic E-state index is 12.3. The van der Waals surface area contributed by atoms with E-state index in [1.807, 2.05) is 0 Å². The lowest BCUT2D eigenvalue weighted by molar-refractivity contribution is -0.167. The van der Waals surface area contributed by atoms with E-state index in [-0.39, 0.29) is 16.9 Å². The molecule has 0 saturated heterocycles. The molecule has 8 heteroatoms. The number of amides is 2. The van der Waals surface area contributed by atoms with E-state index in [4.69, 9.17) is 0 Å². The van der Waals surface area contributed by atoms with Crippen LogP contribution < -0.4 is 10.6 Å². The van der Waals surface area contributed by atoms with Gasteiger partial charge in [-0.05, 0) is 24.3 Å². The number of para-hydroxylation sites is 2. The molecule has 2 rings (SSSR count). The van der Waals surface area contributed by atoms with Crippen LogP contribution in [-0.2, 0) is 4.79 Å². The lowest BCUT2D eigenvalue weighted by Crippen LogP contribution is -2.30. The molecule has 0 unspecified atom stereocenters. The predicted octanol–water partition coefficient (Wildman–Crippen LogP) is 3.73. The van der Waals surface area contributed by atoms with Gasteiger partial charge in [0.1, 0.15) is 0 Å². The highest BCUT2D eigenvalue weighted by Gasteiger charge is 2.39. The van der Waals surface area contributed by atoms with Gasteiger partial charge in [-0.25, -0.2) is 0 Å². The molecule has 0 atom stereocenters. The SMILES string of the molecule is O=C(Nc1ccccc1NC(=O)C(F)(F)F)c1ccccc1S. The highest BCUT2D eigenvalue weighted by atomic mass is 32.1. The Hall–Kier alpha value is -2.48. The average Bonchev–Trinajstić information content (AvgIpc) is 2.48. The van der Waals surface area contributed by atoms with E-state index in [9.17, 15) is 22.8 Å². The molecule has 0 fully saturated rings. The molecule has 4 nitrogen and oxygen atoms in total. The van der Waals surface area contributed by atoms with Crippen LogP contribution in [0.3, 0.4) is 0 Å². The number of nitrogens with one attached hydrogen (secondary N) is 2. The quantitative estimate of drug-likeness (QED) is 0.746. The van der Waals surface area contributed by atoms with Crippen LogP contribution in [0.4, 0.5) is 24.5 Å². The number of benzene rings is 2. The molecule has 0 aliphatic heterocycles. The number of anilines is 2. The zero-order valence-electron chi connectivity index (χ0n) is 11.5. The van der Waals surface area contributed by atoms with Gasteiger partial charge in [-0.15, -0.1) is 12.6 Å². The first-order valence-corrected chi connectivity index (χ1v) is 6.80. The molecule has 0 spiro atoms. The van der Waals surface area contributed by atoms with Crippen LogP contribution in [-0.4, -0.2) is 18.0 Å². The van der Waals surface area contributed by atoms with Gasteiger partial charge in [-0.1, -0.05) is 24.3 Å². The largest absolute Gasteiger partial charge is 0.471 e. The Labute approximate surface area is 135 Å². The Morgan fingerprint density at radius 1 is 0.870 bits per heavy atom. The molecule has 0 heterocycles. The van der Waals surface area contributed by atoms with Crippen LogP contribution in [0.5, 0.6) is 0 Å². The zero-order valence-corrected chi connectivity index (χ0v) is 12.4. The standard InChI is InChI=1S/C15H11F3N2O2S/c16-15(17,18)14(22)20-11-7-3-2-6-10(11)19-13(21)9-5-1-4-8-12(9)23/h1-8,23H,(H,19,21)(H,20,22).